The van der Waals surface area contributed by atoms with Crippen LogP contribution >= 0.6 is 23.2 Å². The van der Waals surface area contributed by atoms with Gasteiger partial charge in [-0.25, -0.2) is 21.6 Å². The molecule has 8 nitrogen and oxygen atoms in total. The van der Waals surface area contributed by atoms with Gasteiger partial charge in [0, 0.05) is 41.5 Å². The van der Waals surface area contributed by atoms with Gasteiger partial charge in [-0.2, -0.15) is 0 Å². The molecule has 234 valence electrons. The average Bonchev–Trinajstić information content (AvgIpc) is 3.42. The first-order valence-electron chi connectivity index (χ1n) is 14.7. The molecule has 2 amide bonds. The van der Waals surface area contributed by atoms with Crippen molar-refractivity contribution in [2.24, 2.45) is 0 Å². The number of halogens is 2. The molecule has 3 aromatic carbocycles. The van der Waals surface area contributed by atoms with Crippen LogP contribution in [0.3, 0.4) is 0 Å². The number of urea groups is 1. The van der Waals surface area contributed by atoms with Crippen LogP contribution in [0.4, 0.5) is 4.79 Å². The first-order chi connectivity index (χ1) is 20.9. The molecule has 0 unspecified atom stereocenters. The first-order valence-corrected chi connectivity index (χ1v) is 18.9. The number of amides is 2. The van der Waals surface area contributed by atoms with Crippen molar-refractivity contribution in [2.45, 2.75) is 59.6 Å². The summed E-state index contributed by atoms with van der Waals surface area (Å²) in [6.45, 7) is 1.09. The van der Waals surface area contributed by atoms with Gasteiger partial charge in [0.15, 0.2) is 9.84 Å². The standard InChI is InChI=1S/C32H34Cl2N2O6S2/c1-43(38,39)24-14-17-35(18-15-24)31(37)36-19-16-32(44(40,41)25-6-3-2-4-7-25)27-12-11-23(20-22(27)10-13-30(32)36)42-21-26-28(33)8-5-9-29(26)34/h2-9,11-12,20,24,30H,10,13-19,21H2,1H3/t30-,32-/m1/s1. The van der Waals surface area contributed by atoms with Crippen molar-refractivity contribution in [2.75, 3.05) is 25.9 Å². The Balaban J connectivity index is 1.33. The number of aryl methyl sites for hydroxylation is 1. The Labute approximate surface area is 268 Å². The summed E-state index contributed by atoms with van der Waals surface area (Å²) in [4.78, 5) is 17.5. The van der Waals surface area contributed by atoms with Crippen molar-refractivity contribution < 1.29 is 26.4 Å². The third-order valence-electron chi connectivity index (χ3n) is 9.40. The van der Waals surface area contributed by atoms with Crippen LogP contribution in [0.15, 0.2) is 71.6 Å². The summed E-state index contributed by atoms with van der Waals surface area (Å²) in [7, 11) is -7.13. The summed E-state index contributed by atoms with van der Waals surface area (Å²) in [6, 6.07) is 18.4. The van der Waals surface area contributed by atoms with Crippen molar-refractivity contribution in [3.63, 3.8) is 0 Å². The number of nitrogens with zero attached hydrogens (tertiary/aromatic N) is 2. The van der Waals surface area contributed by atoms with Crippen LogP contribution in [-0.4, -0.2) is 69.8 Å². The zero-order chi connectivity index (χ0) is 31.3. The monoisotopic (exact) mass is 676 g/mol. The van der Waals surface area contributed by atoms with Crippen LogP contribution in [0.2, 0.25) is 10.0 Å². The van der Waals surface area contributed by atoms with E-state index in [2.05, 4.69) is 0 Å². The van der Waals surface area contributed by atoms with Gasteiger partial charge in [-0.05, 0) is 79.6 Å². The molecule has 2 heterocycles. The fourth-order valence-electron chi connectivity index (χ4n) is 7.12. The molecule has 6 rings (SSSR count). The number of ether oxygens (including phenoxy) is 1. The van der Waals surface area contributed by atoms with E-state index >= 15 is 0 Å². The van der Waals surface area contributed by atoms with E-state index < -0.39 is 35.7 Å². The molecule has 3 aliphatic rings. The van der Waals surface area contributed by atoms with Gasteiger partial charge in [-0.3, -0.25) is 0 Å². The summed E-state index contributed by atoms with van der Waals surface area (Å²) in [5.74, 6) is 0.574. The SMILES string of the molecule is CS(=O)(=O)C1CCN(C(=O)N2CC[C@@]3(S(=O)(=O)c4ccccc4)c4ccc(OCc5c(Cl)cccc5Cl)cc4CC[C@@H]23)CC1. The summed E-state index contributed by atoms with van der Waals surface area (Å²) < 4.78 is 58.2. The van der Waals surface area contributed by atoms with Crippen LogP contribution in [-0.2, 0) is 37.4 Å². The predicted molar refractivity (Wildman–Crippen MR) is 171 cm³/mol. The molecule has 0 N–H and O–H groups in total. The molecule has 3 aromatic rings. The number of hydrogen-bond acceptors (Lipinski definition) is 6. The Morgan fingerprint density at radius 1 is 0.909 bits per heavy atom. The van der Waals surface area contributed by atoms with Gasteiger partial charge < -0.3 is 14.5 Å². The smallest absolute Gasteiger partial charge is 0.320 e. The lowest BCUT2D eigenvalue weighted by molar-refractivity contribution is 0.132. The number of carbonyl (C=O) groups excluding carboxylic acids is 1. The van der Waals surface area contributed by atoms with Crippen LogP contribution < -0.4 is 4.74 Å². The van der Waals surface area contributed by atoms with Crippen LogP contribution in [0, 0.1) is 0 Å². The lowest BCUT2D eigenvalue weighted by Gasteiger charge is -2.44. The second kappa shape index (κ2) is 11.9. The number of rotatable bonds is 6. The van der Waals surface area contributed by atoms with Crippen molar-refractivity contribution in [3.8, 4) is 5.75 Å². The number of carbonyl (C=O) groups is 1. The van der Waals surface area contributed by atoms with Gasteiger partial charge >= 0.3 is 6.03 Å². The second-order valence-electron chi connectivity index (χ2n) is 11.8. The van der Waals surface area contributed by atoms with E-state index in [1.54, 1.807) is 64.4 Å². The summed E-state index contributed by atoms with van der Waals surface area (Å²) in [5, 5.41) is 0.541. The zero-order valence-electron chi connectivity index (χ0n) is 24.3. The highest BCUT2D eigenvalue weighted by Gasteiger charge is 2.61. The van der Waals surface area contributed by atoms with Crippen molar-refractivity contribution in [3.05, 3.63) is 93.5 Å². The molecular weight excluding hydrogens is 643 g/mol. The van der Waals surface area contributed by atoms with E-state index in [1.165, 1.54) is 6.26 Å². The summed E-state index contributed by atoms with van der Waals surface area (Å²) >= 11 is 12.7. The molecule has 0 radical (unpaired) electrons. The molecule has 44 heavy (non-hydrogen) atoms. The summed E-state index contributed by atoms with van der Waals surface area (Å²) in [6.07, 6.45) is 3.27. The molecule has 0 bridgehead atoms. The van der Waals surface area contributed by atoms with Gasteiger partial charge in [0.25, 0.3) is 0 Å². The Morgan fingerprint density at radius 3 is 2.25 bits per heavy atom. The van der Waals surface area contributed by atoms with Gasteiger partial charge in [0.1, 0.15) is 26.9 Å². The number of likely N-dealkylation sites (tertiary alicyclic amines) is 2. The van der Waals surface area contributed by atoms with E-state index in [-0.39, 0.29) is 30.5 Å². The molecular formula is C32H34Cl2N2O6S2. The molecule has 2 fully saturated rings. The number of benzene rings is 3. The second-order valence-corrected chi connectivity index (χ2v) is 17.2. The summed E-state index contributed by atoms with van der Waals surface area (Å²) in [5.41, 5.74) is 2.22. The quantitative estimate of drug-likeness (QED) is 0.323. The predicted octanol–water partition coefficient (Wildman–Crippen LogP) is 5.89. The molecule has 2 atom stereocenters. The minimum absolute atomic E-state index is 0.158. The highest BCUT2D eigenvalue weighted by molar-refractivity contribution is 7.92. The zero-order valence-corrected chi connectivity index (χ0v) is 27.4. The van der Waals surface area contributed by atoms with Gasteiger partial charge in [-0.1, -0.05) is 53.5 Å². The van der Waals surface area contributed by atoms with Gasteiger partial charge in [0.2, 0.25) is 0 Å². The van der Waals surface area contributed by atoms with Crippen LogP contribution in [0.5, 0.6) is 5.75 Å². The number of piperidine rings is 1. The Bertz CT molecular complexity index is 1770. The molecule has 1 aliphatic carbocycles. The minimum Gasteiger partial charge on any atom is -0.489 e. The topological polar surface area (TPSA) is 101 Å². The highest BCUT2D eigenvalue weighted by Crippen LogP contribution is 2.53. The van der Waals surface area contributed by atoms with E-state index in [0.717, 1.165) is 5.56 Å². The minimum atomic E-state index is -3.95. The van der Waals surface area contributed by atoms with E-state index in [4.69, 9.17) is 27.9 Å². The first kappa shape index (κ1) is 31.2. The fraction of sp³-hybridized carbons (Fsp3) is 0.406. The van der Waals surface area contributed by atoms with Crippen LogP contribution in [0.1, 0.15) is 42.4 Å². The Morgan fingerprint density at radius 2 is 1.59 bits per heavy atom. The molecule has 0 aromatic heterocycles. The maximum Gasteiger partial charge on any atom is 0.320 e. The van der Waals surface area contributed by atoms with Gasteiger partial charge in [-0.15, -0.1) is 0 Å². The lowest BCUT2D eigenvalue weighted by Crippen LogP contribution is -2.55. The Hall–Kier alpha value is -2.79. The average molecular weight is 678 g/mol. The van der Waals surface area contributed by atoms with Crippen LogP contribution in [0.25, 0.3) is 0 Å². The molecule has 2 saturated heterocycles. The van der Waals surface area contributed by atoms with Crippen molar-refractivity contribution in [1.82, 2.24) is 9.80 Å². The number of fused-ring (bicyclic) bond motifs is 3. The molecule has 0 saturated carbocycles. The van der Waals surface area contributed by atoms with Crippen molar-refractivity contribution in [1.29, 1.82) is 0 Å². The number of sulfone groups is 2. The van der Waals surface area contributed by atoms with E-state index in [0.29, 0.717) is 65.7 Å². The van der Waals surface area contributed by atoms with Crippen molar-refractivity contribution >= 4 is 48.9 Å². The lowest BCUT2D eigenvalue weighted by atomic mass is 9.78. The van der Waals surface area contributed by atoms with E-state index in [9.17, 15) is 21.6 Å². The largest absolute Gasteiger partial charge is 0.489 e. The number of hydrogen-bond donors (Lipinski definition) is 0. The maximum atomic E-state index is 14.6. The highest BCUT2D eigenvalue weighted by atomic mass is 35.5. The molecule has 0 spiro atoms. The Kier molecular flexibility index (Phi) is 8.41. The normalized spacial score (nSPS) is 22.4. The molecule has 2 aliphatic heterocycles. The fourth-order valence-corrected chi connectivity index (χ4v) is 11.1. The third kappa shape index (κ3) is 5.37. The molecule has 12 heteroatoms. The third-order valence-corrected chi connectivity index (χ3v) is 14.3. The van der Waals surface area contributed by atoms with Gasteiger partial charge in [0.05, 0.1) is 16.2 Å². The van der Waals surface area contributed by atoms with E-state index in [1.807, 2.05) is 12.1 Å². The maximum absolute atomic E-state index is 14.6.